The number of halogens is 1. The number of rotatable bonds is 9. The monoisotopic (exact) mass is 414 g/mol. The molecule has 29 heavy (non-hydrogen) atoms. The van der Waals surface area contributed by atoms with Crippen molar-refractivity contribution in [1.82, 2.24) is 5.32 Å². The van der Waals surface area contributed by atoms with Gasteiger partial charge in [-0.15, -0.1) is 12.3 Å². The van der Waals surface area contributed by atoms with Gasteiger partial charge in [-0.25, -0.2) is 12.8 Å². The van der Waals surface area contributed by atoms with E-state index in [1.54, 1.807) is 0 Å². The van der Waals surface area contributed by atoms with Crippen LogP contribution in [-0.2, 0) is 10.0 Å². The lowest BCUT2D eigenvalue weighted by molar-refractivity contribution is 0.0951. The molecule has 0 radical (unpaired) electrons. The minimum Gasteiger partial charge on any atom is -0.352 e. The number of terminal acetylenes is 1. The molecule has 0 atom stereocenters. The van der Waals surface area contributed by atoms with Gasteiger partial charge in [0.1, 0.15) is 5.82 Å². The average molecular weight is 414 g/mol. The average Bonchev–Trinajstić information content (AvgIpc) is 3.48. The maximum atomic E-state index is 13.7. The first-order valence-electron chi connectivity index (χ1n) is 8.88. The molecular formula is C20H19FN4O3S. The zero-order valence-electron chi connectivity index (χ0n) is 15.4. The van der Waals surface area contributed by atoms with Crippen LogP contribution in [-0.4, -0.2) is 26.5 Å². The van der Waals surface area contributed by atoms with Crippen molar-refractivity contribution >= 4 is 21.6 Å². The lowest BCUT2D eigenvalue weighted by Gasteiger charge is -2.11. The summed E-state index contributed by atoms with van der Waals surface area (Å²) in [6, 6.07) is 10.9. The van der Waals surface area contributed by atoms with E-state index in [0.717, 1.165) is 6.07 Å². The summed E-state index contributed by atoms with van der Waals surface area (Å²) >= 11 is 0. The van der Waals surface area contributed by atoms with Crippen molar-refractivity contribution in [3.8, 4) is 12.3 Å². The molecule has 0 saturated carbocycles. The molecule has 0 aliphatic carbocycles. The standard InChI is InChI=1S/C20H19FN4O3S/c1-2-3-11-20(24-25-20)12-13-22-19(26)15-7-6-8-16(14-15)29(27,28)23-18-10-5-4-9-17(18)21/h1,4-10,14,23H,3,11-13H2,(H,22,26). The van der Waals surface area contributed by atoms with Gasteiger partial charge in [-0.3, -0.25) is 9.52 Å². The molecule has 7 nitrogen and oxygen atoms in total. The topological polar surface area (TPSA) is 100.0 Å². The normalized spacial score (nSPS) is 14.1. The highest BCUT2D eigenvalue weighted by atomic mass is 32.2. The van der Waals surface area contributed by atoms with Gasteiger partial charge in [0.2, 0.25) is 0 Å². The number of hydrogen-bond acceptors (Lipinski definition) is 5. The third-order valence-electron chi connectivity index (χ3n) is 4.39. The van der Waals surface area contributed by atoms with E-state index in [2.05, 4.69) is 26.2 Å². The van der Waals surface area contributed by atoms with E-state index < -0.39 is 27.4 Å². The Labute approximate surface area is 168 Å². The molecule has 0 saturated heterocycles. The van der Waals surface area contributed by atoms with Gasteiger partial charge in [0.15, 0.2) is 5.66 Å². The highest BCUT2D eigenvalue weighted by molar-refractivity contribution is 7.92. The smallest absolute Gasteiger partial charge is 0.262 e. The van der Waals surface area contributed by atoms with Crippen LogP contribution in [0.4, 0.5) is 10.1 Å². The Kier molecular flexibility index (Phi) is 5.94. The molecule has 0 fully saturated rings. The largest absolute Gasteiger partial charge is 0.352 e. The first-order valence-corrected chi connectivity index (χ1v) is 10.4. The van der Waals surface area contributed by atoms with Crippen LogP contribution in [0, 0.1) is 18.2 Å². The predicted molar refractivity (Wildman–Crippen MR) is 106 cm³/mol. The molecule has 1 amide bonds. The lowest BCUT2D eigenvalue weighted by atomic mass is 10.0. The van der Waals surface area contributed by atoms with Gasteiger partial charge in [0.25, 0.3) is 15.9 Å². The zero-order valence-corrected chi connectivity index (χ0v) is 16.2. The number of carbonyl (C=O) groups is 1. The Morgan fingerprint density at radius 3 is 2.59 bits per heavy atom. The summed E-state index contributed by atoms with van der Waals surface area (Å²) in [7, 11) is -4.05. The predicted octanol–water partition coefficient (Wildman–Crippen LogP) is 3.32. The highest BCUT2D eigenvalue weighted by Gasteiger charge is 2.38. The first-order chi connectivity index (χ1) is 13.9. The van der Waals surface area contributed by atoms with E-state index in [1.165, 1.54) is 42.5 Å². The summed E-state index contributed by atoms with van der Waals surface area (Å²) in [5.74, 6) is 1.41. The molecule has 150 valence electrons. The number of amides is 1. The number of hydrogen-bond donors (Lipinski definition) is 2. The minimum absolute atomic E-state index is 0.147. The maximum absolute atomic E-state index is 13.7. The second-order valence-electron chi connectivity index (χ2n) is 6.51. The molecule has 2 aromatic rings. The Morgan fingerprint density at radius 1 is 1.14 bits per heavy atom. The molecule has 0 aromatic heterocycles. The van der Waals surface area contributed by atoms with Crippen molar-refractivity contribution in [3.63, 3.8) is 0 Å². The molecule has 2 N–H and O–H groups in total. The molecule has 1 aliphatic rings. The van der Waals surface area contributed by atoms with E-state index >= 15 is 0 Å². The van der Waals surface area contributed by atoms with E-state index in [4.69, 9.17) is 6.42 Å². The summed E-state index contributed by atoms with van der Waals surface area (Å²) in [6.45, 7) is 0.320. The third kappa shape index (κ3) is 5.18. The van der Waals surface area contributed by atoms with Gasteiger partial charge in [0, 0.05) is 31.4 Å². The lowest BCUT2D eigenvalue weighted by Crippen LogP contribution is -2.28. The second-order valence-corrected chi connectivity index (χ2v) is 8.19. The van der Waals surface area contributed by atoms with E-state index in [-0.39, 0.29) is 16.1 Å². The fourth-order valence-electron chi connectivity index (χ4n) is 2.70. The molecule has 1 aliphatic heterocycles. The van der Waals surface area contributed by atoms with Crippen molar-refractivity contribution in [2.24, 2.45) is 10.2 Å². The third-order valence-corrected chi connectivity index (χ3v) is 5.75. The molecule has 9 heteroatoms. The van der Waals surface area contributed by atoms with Gasteiger partial charge < -0.3 is 5.32 Å². The Balaban J connectivity index is 1.63. The van der Waals surface area contributed by atoms with Crippen LogP contribution in [0.2, 0.25) is 0 Å². The SMILES string of the molecule is C#CCCC1(CCNC(=O)c2cccc(S(=O)(=O)Nc3ccccc3F)c2)N=N1. The molecular weight excluding hydrogens is 395 g/mol. The molecule has 0 spiro atoms. The fraction of sp³-hybridized carbons (Fsp3) is 0.250. The molecule has 0 bridgehead atoms. The molecule has 1 heterocycles. The number of benzene rings is 2. The van der Waals surface area contributed by atoms with Crippen LogP contribution >= 0.6 is 0 Å². The van der Waals surface area contributed by atoms with Crippen molar-refractivity contribution in [2.75, 3.05) is 11.3 Å². The van der Waals surface area contributed by atoms with E-state index in [0.29, 0.717) is 25.8 Å². The van der Waals surface area contributed by atoms with E-state index in [9.17, 15) is 17.6 Å². The maximum Gasteiger partial charge on any atom is 0.262 e. The van der Waals surface area contributed by atoms with Crippen LogP contribution < -0.4 is 10.0 Å². The van der Waals surface area contributed by atoms with Gasteiger partial charge >= 0.3 is 0 Å². The van der Waals surface area contributed by atoms with Gasteiger partial charge in [0.05, 0.1) is 10.6 Å². The van der Waals surface area contributed by atoms with Crippen molar-refractivity contribution < 1.29 is 17.6 Å². The number of para-hydroxylation sites is 1. The van der Waals surface area contributed by atoms with Crippen molar-refractivity contribution in [3.05, 3.63) is 59.9 Å². The Hall–Kier alpha value is -3.25. The molecule has 3 rings (SSSR count). The number of anilines is 1. The summed E-state index contributed by atoms with van der Waals surface area (Å²) in [6.07, 6.45) is 6.95. The van der Waals surface area contributed by atoms with Gasteiger partial charge in [-0.2, -0.15) is 10.2 Å². The van der Waals surface area contributed by atoms with Crippen LogP contribution in [0.3, 0.4) is 0 Å². The molecule has 2 aromatic carbocycles. The minimum atomic E-state index is -4.05. The van der Waals surface area contributed by atoms with Crippen LogP contribution in [0.25, 0.3) is 0 Å². The summed E-state index contributed by atoms with van der Waals surface area (Å²) in [4.78, 5) is 12.2. The summed E-state index contributed by atoms with van der Waals surface area (Å²) < 4.78 is 41.0. The molecule has 0 unspecified atom stereocenters. The quantitative estimate of drug-likeness (QED) is 0.616. The van der Waals surface area contributed by atoms with E-state index in [1.807, 2.05) is 0 Å². The van der Waals surface area contributed by atoms with Crippen LogP contribution in [0.1, 0.15) is 29.6 Å². The Bertz CT molecular complexity index is 1090. The highest BCUT2D eigenvalue weighted by Crippen LogP contribution is 2.36. The number of nitrogens with one attached hydrogen (secondary N) is 2. The number of sulfonamides is 1. The van der Waals surface area contributed by atoms with Crippen molar-refractivity contribution in [1.29, 1.82) is 0 Å². The number of carbonyl (C=O) groups excluding carboxylic acids is 1. The van der Waals surface area contributed by atoms with Gasteiger partial charge in [-0.05, 0) is 30.3 Å². The summed E-state index contributed by atoms with van der Waals surface area (Å²) in [5, 5.41) is 10.7. The Morgan fingerprint density at radius 2 is 1.90 bits per heavy atom. The zero-order chi connectivity index (χ0) is 20.9. The van der Waals surface area contributed by atoms with Crippen LogP contribution in [0.15, 0.2) is 63.7 Å². The number of nitrogens with zero attached hydrogens (tertiary/aromatic N) is 2. The first kappa shape index (κ1) is 20.5. The summed E-state index contributed by atoms with van der Waals surface area (Å²) in [5.41, 5.74) is -0.505. The fourth-order valence-corrected chi connectivity index (χ4v) is 3.81. The van der Waals surface area contributed by atoms with Gasteiger partial charge in [-0.1, -0.05) is 18.2 Å². The second kappa shape index (κ2) is 8.41. The van der Waals surface area contributed by atoms with Crippen LogP contribution in [0.5, 0.6) is 0 Å². The van der Waals surface area contributed by atoms with Crippen molar-refractivity contribution in [2.45, 2.75) is 29.8 Å².